The molecular weight excluding hydrogens is 506 g/mol. The van der Waals surface area contributed by atoms with Crippen molar-refractivity contribution in [1.82, 2.24) is 24.0 Å². The van der Waals surface area contributed by atoms with Crippen LogP contribution in [-0.2, 0) is 29.6 Å². The molecule has 11 heteroatoms. The number of aromatic nitrogens is 4. The zero-order chi connectivity index (χ0) is 27.3. The highest BCUT2D eigenvalue weighted by Crippen LogP contribution is 2.46. The highest BCUT2D eigenvalue weighted by atomic mass is 32.2. The third-order valence-electron chi connectivity index (χ3n) is 7.18. The van der Waals surface area contributed by atoms with Crippen LogP contribution in [0.1, 0.15) is 42.3 Å². The van der Waals surface area contributed by atoms with Gasteiger partial charge in [0, 0.05) is 24.5 Å². The van der Waals surface area contributed by atoms with Crippen molar-refractivity contribution in [2.75, 3.05) is 13.2 Å². The molecule has 4 heterocycles. The van der Waals surface area contributed by atoms with Crippen molar-refractivity contribution < 1.29 is 14.7 Å². The SMILES string of the molecule is Cc1nn(-c2ccccc2)c(C)c1CC1Sc2c(c(=O)n(C)c(=O)n2CC(C)C)C1C(=O)N1C[C@H](O)CO1. The van der Waals surface area contributed by atoms with E-state index < -0.39 is 17.6 Å². The molecule has 3 aromatic rings. The Hall–Kier alpha value is -3.15. The van der Waals surface area contributed by atoms with Crippen molar-refractivity contribution >= 4 is 17.7 Å². The van der Waals surface area contributed by atoms with Gasteiger partial charge in [-0.05, 0) is 43.9 Å². The van der Waals surface area contributed by atoms with E-state index in [1.807, 2.05) is 62.7 Å². The molecule has 0 radical (unpaired) electrons. The normalized spacial score (nSPS) is 20.9. The van der Waals surface area contributed by atoms with Gasteiger partial charge in [-0.25, -0.2) is 14.5 Å². The van der Waals surface area contributed by atoms with Gasteiger partial charge < -0.3 is 5.11 Å². The Bertz CT molecular complexity index is 1490. The van der Waals surface area contributed by atoms with Crippen LogP contribution in [0.3, 0.4) is 0 Å². The Balaban J connectivity index is 1.61. The number of benzene rings is 1. The molecule has 1 fully saturated rings. The lowest BCUT2D eigenvalue weighted by atomic mass is 9.92. The van der Waals surface area contributed by atoms with E-state index in [-0.39, 0.29) is 35.9 Å². The van der Waals surface area contributed by atoms with Crippen LogP contribution in [0, 0.1) is 19.8 Å². The fourth-order valence-electron chi connectivity index (χ4n) is 5.30. The summed E-state index contributed by atoms with van der Waals surface area (Å²) in [4.78, 5) is 46.0. The first kappa shape index (κ1) is 26.5. The van der Waals surface area contributed by atoms with Gasteiger partial charge in [-0.3, -0.25) is 23.6 Å². The minimum Gasteiger partial charge on any atom is -0.389 e. The maximum atomic E-state index is 13.9. The number of para-hydroxylation sites is 1. The fourth-order valence-corrected chi connectivity index (χ4v) is 6.85. The summed E-state index contributed by atoms with van der Waals surface area (Å²) in [5.74, 6) is -1.05. The molecule has 1 aromatic carbocycles. The largest absolute Gasteiger partial charge is 0.389 e. The Kier molecular flexibility index (Phi) is 7.10. The van der Waals surface area contributed by atoms with E-state index in [0.29, 0.717) is 23.6 Å². The van der Waals surface area contributed by atoms with E-state index in [2.05, 4.69) is 0 Å². The minimum absolute atomic E-state index is 0.0239. The number of rotatable bonds is 6. The topological polar surface area (TPSA) is 112 Å². The molecule has 2 aliphatic rings. The van der Waals surface area contributed by atoms with E-state index in [0.717, 1.165) is 27.2 Å². The Morgan fingerprint density at radius 1 is 1.21 bits per heavy atom. The first-order valence-electron chi connectivity index (χ1n) is 12.8. The molecule has 202 valence electrons. The van der Waals surface area contributed by atoms with Crippen molar-refractivity contribution in [2.45, 2.75) is 63.0 Å². The van der Waals surface area contributed by atoms with Gasteiger partial charge in [0.1, 0.15) is 6.61 Å². The van der Waals surface area contributed by atoms with Crippen molar-refractivity contribution in [3.05, 3.63) is 73.7 Å². The molecule has 2 unspecified atom stereocenters. The van der Waals surface area contributed by atoms with Crippen LogP contribution in [0.2, 0.25) is 0 Å². The first-order chi connectivity index (χ1) is 18.1. The third kappa shape index (κ3) is 4.52. The van der Waals surface area contributed by atoms with Crippen LogP contribution in [-0.4, -0.2) is 59.5 Å². The van der Waals surface area contributed by atoms with Gasteiger partial charge in [-0.15, -0.1) is 11.8 Å². The molecular formula is C27H33N5O5S. The summed E-state index contributed by atoms with van der Waals surface area (Å²) in [7, 11) is 1.45. The predicted molar refractivity (Wildman–Crippen MR) is 144 cm³/mol. The van der Waals surface area contributed by atoms with Crippen LogP contribution < -0.4 is 11.2 Å². The summed E-state index contributed by atoms with van der Waals surface area (Å²) in [6, 6.07) is 9.84. The van der Waals surface area contributed by atoms with E-state index in [9.17, 15) is 19.5 Å². The van der Waals surface area contributed by atoms with Gasteiger partial charge in [0.05, 0.1) is 40.5 Å². The summed E-state index contributed by atoms with van der Waals surface area (Å²) < 4.78 is 4.61. The summed E-state index contributed by atoms with van der Waals surface area (Å²) >= 11 is 1.40. The van der Waals surface area contributed by atoms with E-state index >= 15 is 0 Å². The first-order valence-corrected chi connectivity index (χ1v) is 13.7. The van der Waals surface area contributed by atoms with Crippen molar-refractivity contribution in [3.63, 3.8) is 0 Å². The number of β-amino-alcohol motifs (C(OH)–C–C–N with tert-alkyl or cyclic N) is 1. The Labute approximate surface area is 224 Å². The van der Waals surface area contributed by atoms with Crippen LogP contribution >= 0.6 is 11.8 Å². The summed E-state index contributed by atoms with van der Waals surface area (Å²) in [6.07, 6.45) is -0.312. The van der Waals surface area contributed by atoms with Crippen LogP contribution in [0.25, 0.3) is 5.69 Å². The predicted octanol–water partition coefficient (Wildman–Crippen LogP) is 1.94. The highest BCUT2D eigenvalue weighted by Gasteiger charge is 2.46. The number of nitrogens with zero attached hydrogens (tertiary/aromatic N) is 5. The number of hydrogen-bond acceptors (Lipinski definition) is 7. The smallest absolute Gasteiger partial charge is 0.331 e. The number of hydrogen-bond donors (Lipinski definition) is 1. The van der Waals surface area contributed by atoms with Gasteiger partial charge in [0.25, 0.3) is 11.5 Å². The minimum atomic E-state index is -0.836. The summed E-state index contributed by atoms with van der Waals surface area (Å²) in [5, 5.41) is 16.1. The molecule has 1 N–H and O–H groups in total. The summed E-state index contributed by atoms with van der Waals surface area (Å²) in [6.45, 7) is 8.45. The Morgan fingerprint density at radius 3 is 2.55 bits per heavy atom. The quantitative estimate of drug-likeness (QED) is 0.477. The number of hydroxylamine groups is 2. The summed E-state index contributed by atoms with van der Waals surface area (Å²) in [5.41, 5.74) is 3.20. The highest BCUT2D eigenvalue weighted by molar-refractivity contribution is 8.00. The molecule has 2 aromatic heterocycles. The lowest BCUT2D eigenvalue weighted by molar-refractivity contribution is -0.170. The number of aryl methyl sites for hydroxylation is 1. The van der Waals surface area contributed by atoms with Crippen LogP contribution in [0.15, 0.2) is 44.9 Å². The van der Waals surface area contributed by atoms with Crippen molar-refractivity contribution in [3.8, 4) is 5.69 Å². The molecule has 5 rings (SSSR count). The Morgan fingerprint density at radius 2 is 1.92 bits per heavy atom. The molecule has 0 bridgehead atoms. The second kappa shape index (κ2) is 10.2. The van der Waals surface area contributed by atoms with Gasteiger partial charge in [0.2, 0.25) is 0 Å². The number of carbonyl (C=O) groups excluding carboxylic acids is 1. The molecule has 3 atom stereocenters. The number of carbonyl (C=O) groups is 1. The number of fused-ring (bicyclic) bond motifs is 1. The monoisotopic (exact) mass is 539 g/mol. The molecule has 1 saturated heterocycles. The lowest BCUT2D eigenvalue weighted by Gasteiger charge is -2.23. The number of amides is 1. The maximum absolute atomic E-state index is 13.9. The second-order valence-corrected chi connectivity index (χ2v) is 11.7. The van der Waals surface area contributed by atoms with Gasteiger partial charge >= 0.3 is 5.69 Å². The molecule has 10 nitrogen and oxygen atoms in total. The third-order valence-corrected chi connectivity index (χ3v) is 8.59. The molecule has 1 amide bonds. The molecule has 38 heavy (non-hydrogen) atoms. The molecule has 0 spiro atoms. The zero-order valence-corrected chi connectivity index (χ0v) is 23.1. The molecule has 2 aliphatic heterocycles. The van der Waals surface area contributed by atoms with Gasteiger partial charge in [-0.1, -0.05) is 32.0 Å². The maximum Gasteiger partial charge on any atom is 0.331 e. The standard InChI is InChI=1S/C27H33N5O5S/c1-15(2)12-30-26-23(24(34)29(5)27(30)36)22(25(35)31-13-19(33)14-37-31)21(38-26)11-20-16(3)28-32(17(20)4)18-9-7-6-8-10-18/h6-10,15,19,21-22,33H,11-14H2,1-5H3/t19-,21?,22?/m0/s1. The van der Waals surface area contributed by atoms with Gasteiger partial charge in [-0.2, -0.15) is 5.10 Å². The van der Waals surface area contributed by atoms with E-state index in [1.165, 1.54) is 23.9 Å². The number of thioether (sulfide) groups is 1. The average molecular weight is 540 g/mol. The van der Waals surface area contributed by atoms with Crippen molar-refractivity contribution in [1.29, 1.82) is 0 Å². The average Bonchev–Trinajstić information content (AvgIpc) is 3.57. The fraction of sp³-hybridized carbons (Fsp3) is 0.481. The van der Waals surface area contributed by atoms with Crippen molar-refractivity contribution in [2.24, 2.45) is 13.0 Å². The molecule has 0 saturated carbocycles. The van der Waals surface area contributed by atoms with Crippen LogP contribution in [0.5, 0.6) is 0 Å². The number of aliphatic hydroxyl groups is 1. The van der Waals surface area contributed by atoms with E-state index in [1.54, 1.807) is 4.57 Å². The second-order valence-electron chi connectivity index (χ2n) is 10.5. The molecule has 0 aliphatic carbocycles. The van der Waals surface area contributed by atoms with Gasteiger partial charge in [0.15, 0.2) is 0 Å². The lowest BCUT2D eigenvalue weighted by Crippen LogP contribution is -2.44. The van der Waals surface area contributed by atoms with Crippen LogP contribution in [0.4, 0.5) is 0 Å². The zero-order valence-electron chi connectivity index (χ0n) is 22.2. The van der Waals surface area contributed by atoms with E-state index in [4.69, 9.17) is 9.94 Å². The number of aliphatic hydroxyl groups excluding tert-OH is 1.